The zero-order chi connectivity index (χ0) is 16.0. The molecule has 0 spiro atoms. The highest BCUT2D eigenvalue weighted by molar-refractivity contribution is 5.99. The van der Waals surface area contributed by atoms with Gasteiger partial charge in [-0.3, -0.25) is 9.59 Å². The summed E-state index contributed by atoms with van der Waals surface area (Å²) in [6.45, 7) is 7.43. The number of nitrogens with one attached hydrogen (secondary N) is 2. The molecule has 1 aromatic rings. The second-order valence-electron chi connectivity index (χ2n) is 5.54. The van der Waals surface area contributed by atoms with E-state index in [1.807, 2.05) is 27.7 Å². The van der Waals surface area contributed by atoms with E-state index >= 15 is 0 Å². The lowest BCUT2D eigenvalue weighted by Crippen LogP contribution is -2.50. The van der Waals surface area contributed by atoms with Crippen LogP contribution in [0.1, 0.15) is 40.5 Å². The van der Waals surface area contributed by atoms with E-state index < -0.39 is 5.54 Å². The second kappa shape index (κ2) is 7.22. The number of anilines is 2. The van der Waals surface area contributed by atoms with E-state index in [9.17, 15) is 9.59 Å². The molecule has 0 aliphatic carbocycles. The first kappa shape index (κ1) is 17.2. The number of hydrogen-bond donors (Lipinski definition) is 3. The summed E-state index contributed by atoms with van der Waals surface area (Å²) in [5, 5.41) is 5.61. The van der Waals surface area contributed by atoms with Gasteiger partial charge in [0, 0.05) is 17.3 Å². The molecule has 1 rings (SSSR count). The molecule has 0 bridgehead atoms. The van der Waals surface area contributed by atoms with Crippen LogP contribution in [-0.4, -0.2) is 17.4 Å². The van der Waals surface area contributed by atoms with Crippen molar-refractivity contribution in [3.63, 3.8) is 0 Å². The van der Waals surface area contributed by atoms with Crippen LogP contribution in [0.15, 0.2) is 24.3 Å². The van der Waals surface area contributed by atoms with Crippen LogP contribution in [-0.2, 0) is 9.59 Å². The smallest absolute Gasteiger partial charge is 0.244 e. The molecule has 0 fully saturated rings. The van der Waals surface area contributed by atoms with Crippen LogP contribution in [0.2, 0.25) is 0 Å². The van der Waals surface area contributed by atoms with Crippen LogP contribution >= 0.6 is 0 Å². The van der Waals surface area contributed by atoms with Gasteiger partial charge in [-0.1, -0.05) is 33.8 Å². The molecular formula is C16H25N3O2. The molecule has 4 N–H and O–H groups in total. The first-order valence-corrected chi connectivity index (χ1v) is 7.33. The van der Waals surface area contributed by atoms with Gasteiger partial charge in [0.1, 0.15) is 0 Å². The van der Waals surface area contributed by atoms with E-state index in [2.05, 4.69) is 10.6 Å². The molecule has 0 unspecified atom stereocenters. The number of amides is 2. The Hall–Kier alpha value is -1.88. The Morgan fingerprint density at radius 2 is 1.67 bits per heavy atom. The van der Waals surface area contributed by atoms with Crippen molar-refractivity contribution in [3.8, 4) is 0 Å². The SMILES string of the molecule is CCC(N)(CC)C(=O)Nc1cccc(NC(=O)C(C)C)c1. The van der Waals surface area contributed by atoms with Crippen LogP contribution in [0.25, 0.3) is 0 Å². The van der Waals surface area contributed by atoms with Gasteiger partial charge in [-0.2, -0.15) is 0 Å². The topological polar surface area (TPSA) is 84.2 Å². The summed E-state index contributed by atoms with van der Waals surface area (Å²) in [5.74, 6) is -0.367. The largest absolute Gasteiger partial charge is 0.326 e. The summed E-state index contributed by atoms with van der Waals surface area (Å²) in [7, 11) is 0. The van der Waals surface area contributed by atoms with Crippen molar-refractivity contribution < 1.29 is 9.59 Å². The maximum absolute atomic E-state index is 12.2. The van der Waals surface area contributed by atoms with Gasteiger partial charge in [0.15, 0.2) is 0 Å². The standard InChI is InChI=1S/C16H25N3O2/c1-5-16(17,6-2)15(21)19-13-9-7-8-12(10-13)18-14(20)11(3)4/h7-11H,5-6,17H2,1-4H3,(H,18,20)(H,19,21). The molecule has 5 nitrogen and oxygen atoms in total. The molecule has 2 amide bonds. The summed E-state index contributed by atoms with van der Waals surface area (Å²) < 4.78 is 0. The lowest BCUT2D eigenvalue weighted by atomic mass is 9.93. The molecule has 0 heterocycles. The van der Waals surface area contributed by atoms with Gasteiger partial charge < -0.3 is 16.4 Å². The average molecular weight is 291 g/mol. The quantitative estimate of drug-likeness (QED) is 0.753. The number of carbonyl (C=O) groups is 2. The van der Waals surface area contributed by atoms with Crippen LogP contribution in [0.5, 0.6) is 0 Å². The minimum atomic E-state index is -0.864. The summed E-state index contributed by atoms with van der Waals surface area (Å²) >= 11 is 0. The van der Waals surface area contributed by atoms with Gasteiger partial charge in [0.05, 0.1) is 5.54 Å². The molecule has 5 heteroatoms. The van der Waals surface area contributed by atoms with E-state index in [0.29, 0.717) is 24.2 Å². The molecule has 0 radical (unpaired) electrons. The summed E-state index contributed by atoms with van der Waals surface area (Å²) in [5.41, 5.74) is 6.48. The van der Waals surface area contributed by atoms with Crippen LogP contribution in [0.3, 0.4) is 0 Å². The van der Waals surface area contributed by atoms with E-state index in [-0.39, 0.29) is 17.7 Å². The molecule has 21 heavy (non-hydrogen) atoms. The van der Waals surface area contributed by atoms with Gasteiger partial charge in [0.2, 0.25) is 11.8 Å². The fourth-order valence-corrected chi connectivity index (χ4v) is 1.79. The Bertz CT molecular complexity index is 508. The highest BCUT2D eigenvalue weighted by atomic mass is 16.2. The third kappa shape index (κ3) is 4.56. The number of hydrogen-bond acceptors (Lipinski definition) is 3. The van der Waals surface area contributed by atoms with Gasteiger partial charge in [-0.15, -0.1) is 0 Å². The Morgan fingerprint density at radius 1 is 1.14 bits per heavy atom. The van der Waals surface area contributed by atoms with Crippen molar-refractivity contribution in [2.75, 3.05) is 10.6 Å². The monoisotopic (exact) mass is 291 g/mol. The van der Waals surface area contributed by atoms with Gasteiger partial charge in [-0.25, -0.2) is 0 Å². The molecule has 116 valence electrons. The highest BCUT2D eigenvalue weighted by Gasteiger charge is 2.29. The van der Waals surface area contributed by atoms with E-state index in [0.717, 1.165) is 0 Å². The van der Waals surface area contributed by atoms with E-state index in [1.54, 1.807) is 24.3 Å². The predicted octanol–water partition coefficient (Wildman–Crippen LogP) is 2.74. The Balaban J connectivity index is 2.82. The molecule has 0 aliphatic heterocycles. The normalized spacial score (nSPS) is 11.3. The molecule has 0 saturated carbocycles. The molecule has 0 aromatic heterocycles. The maximum atomic E-state index is 12.2. The highest BCUT2D eigenvalue weighted by Crippen LogP contribution is 2.19. The molecule has 0 atom stereocenters. The first-order chi connectivity index (χ1) is 9.82. The fourth-order valence-electron chi connectivity index (χ4n) is 1.79. The first-order valence-electron chi connectivity index (χ1n) is 7.33. The van der Waals surface area contributed by atoms with Crippen molar-refractivity contribution in [3.05, 3.63) is 24.3 Å². The van der Waals surface area contributed by atoms with Crippen molar-refractivity contribution in [2.45, 2.75) is 46.1 Å². The van der Waals surface area contributed by atoms with Crippen molar-refractivity contribution in [2.24, 2.45) is 11.7 Å². The number of nitrogens with two attached hydrogens (primary N) is 1. The van der Waals surface area contributed by atoms with E-state index in [1.165, 1.54) is 0 Å². The summed E-state index contributed by atoms with van der Waals surface area (Å²) in [6.07, 6.45) is 1.14. The zero-order valence-electron chi connectivity index (χ0n) is 13.2. The number of carbonyl (C=O) groups excluding carboxylic acids is 2. The third-order valence-electron chi connectivity index (χ3n) is 3.63. The van der Waals surface area contributed by atoms with Gasteiger partial charge in [0.25, 0.3) is 0 Å². The Morgan fingerprint density at radius 3 is 2.14 bits per heavy atom. The van der Waals surface area contributed by atoms with Crippen molar-refractivity contribution >= 4 is 23.2 Å². The van der Waals surface area contributed by atoms with Crippen molar-refractivity contribution in [1.29, 1.82) is 0 Å². The Kier molecular flexibility index (Phi) is 5.90. The lowest BCUT2D eigenvalue weighted by Gasteiger charge is -2.25. The number of benzene rings is 1. The molecule has 0 aliphatic rings. The summed E-state index contributed by atoms with van der Waals surface area (Å²) in [6, 6.07) is 7.06. The lowest BCUT2D eigenvalue weighted by molar-refractivity contribution is -0.121. The van der Waals surface area contributed by atoms with Crippen LogP contribution in [0, 0.1) is 5.92 Å². The van der Waals surface area contributed by atoms with Gasteiger partial charge in [-0.05, 0) is 31.0 Å². The fraction of sp³-hybridized carbons (Fsp3) is 0.500. The summed E-state index contributed by atoms with van der Waals surface area (Å²) in [4.78, 5) is 23.9. The van der Waals surface area contributed by atoms with Gasteiger partial charge >= 0.3 is 0 Å². The Labute approximate surface area is 126 Å². The molecule has 1 aromatic carbocycles. The minimum absolute atomic E-state index is 0.0613. The maximum Gasteiger partial charge on any atom is 0.244 e. The van der Waals surface area contributed by atoms with Crippen LogP contribution < -0.4 is 16.4 Å². The second-order valence-corrected chi connectivity index (χ2v) is 5.54. The average Bonchev–Trinajstić information content (AvgIpc) is 2.46. The van der Waals surface area contributed by atoms with Crippen LogP contribution in [0.4, 0.5) is 11.4 Å². The minimum Gasteiger partial charge on any atom is -0.326 e. The predicted molar refractivity (Wildman–Crippen MR) is 86.0 cm³/mol. The van der Waals surface area contributed by atoms with Crippen molar-refractivity contribution in [1.82, 2.24) is 0 Å². The zero-order valence-corrected chi connectivity index (χ0v) is 13.2. The van der Waals surface area contributed by atoms with E-state index in [4.69, 9.17) is 5.73 Å². The molecular weight excluding hydrogens is 266 g/mol. The third-order valence-corrected chi connectivity index (χ3v) is 3.63. The number of rotatable bonds is 6. The molecule has 0 saturated heterocycles.